The Balaban J connectivity index is 2.45. The molecule has 0 aliphatic heterocycles. The fraction of sp³-hybridized carbons (Fsp3) is 0.308. The summed E-state index contributed by atoms with van der Waals surface area (Å²) in [7, 11) is 3.88. The van der Waals surface area contributed by atoms with E-state index in [2.05, 4.69) is 16.5 Å². The summed E-state index contributed by atoms with van der Waals surface area (Å²) in [4.78, 5) is 0. The first-order chi connectivity index (χ1) is 8.11. The van der Waals surface area contributed by atoms with E-state index in [1.807, 2.05) is 43.9 Å². The maximum Gasteiger partial charge on any atom is 0.0746 e. The minimum absolute atomic E-state index is 0.111. The molecule has 0 amide bonds. The molecule has 90 valence electrons. The number of hydrogen-bond acceptors (Lipinski definition) is 2. The number of nitrogens with zero attached hydrogens (tertiary/aromatic N) is 2. The minimum atomic E-state index is 0.111. The van der Waals surface area contributed by atoms with Crippen LogP contribution in [0.25, 0.3) is 0 Å². The van der Waals surface area contributed by atoms with Crippen molar-refractivity contribution in [1.29, 1.82) is 0 Å². The molecule has 1 unspecified atom stereocenters. The number of aryl methyl sites for hydroxylation is 2. The average molecular weight is 250 g/mol. The van der Waals surface area contributed by atoms with E-state index >= 15 is 0 Å². The zero-order valence-corrected chi connectivity index (χ0v) is 11.0. The molecule has 0 spiro atoms. The SMILES string of the molecule is CNC(c1cc(C)cc(Cl)c1)c1ccnn1C. The summed E-state index contributed by atoms with van der Waals surface area (Å²) < 4.78 is 1.87. The van der Waals surface area contributed by atoms with Gasteiger partial charge in [-0.05, 0) is 43.3 Å². The summed E-state index contributed by atoms with van der Waals surface area (Å²) >= 11 is 6.10. The van der Waals surface area contributed by atoms with E-state index in [1.54, 1.807) is 6.20 Å². The Hall–Kier alpha value is -1.32. The Kier molecular flexibility index (Phi) is 3.50. The van der Waals surface area contributed by atoms with Crippen molar-refractivity contribution in [3.63, 3.8) is 0 Å². The first kappa shape index (κ1) is 12.1. The highest BCUT2D eigenvalue weighted by Crippen LogP contribution is 2.25. The van der Waals surface area contributed by atoms with Crippen molar-refractivity contribution in [3.8, 4) is 0 Å². The minimum Gasteiger partial charge on any atom is -0.308 e. The summed E-state index contributed by atoms with van der Waals surface area (Å²) in [6.45, 7) is 2.05. The molecule has 0 saturated heterocycles. The van der Waals surface area contributed by atoms with Gasteiger partial charge in [0.15, 0.2) is 0 Å². The van der Waals surface area contributed by atoms with Gasteiger partial charge in [0.25, 0.3) is 0 Å². The summed E-state index contributed by atoms with van der Waals surface area (Å²) in [5, 5.41) is 8.26. The third-order valence-electron chi connectivity index (χ3n) is 2.84. The molecule has 0 aliphatic carbocycles. The summed E-state index contributed by atoms with van der Waals surface area (Å²) in [5.41, 5.74) is 3.44. The molecular weight excluding hydrogens is 234 g/mol. The Morgan fingerprint density at radius 3 is 2.65 bits per heavy atom. The molecule has 0 saturated carbocycles. The molecule has 1 aromatic heterocycles. The van der Waals surface area contributed by atoms with Crippen LogP contribution in [-0.4, -0.2) is 16.8 Å². The van der Waals surface area contributed by atoms with Crippen molar-refractivity contribution in [2.75, 3.05) is 7.05 Å². The van der Waals surface area contributed by atoms with Gasteiger partial charge in [0.1, 0.15) is 0 Å². The molecule has 1 atom stereocenters. The van der Waals surface area contributed by atoms with Crippen LogP contribution < -0.4 is 5.32 Å². The monoisotopic (exact) mass is 249 g/mol. The lowest BCUT2D eigenvalue weighted by molar-refractivity contribution is 0.606. The first-order valence-corrected chi connectivity index (χ1v) is 5.92. The van der Waals surface area contributed by atoms with E-state index in [4.69, 9.17) is 11.6 Å². The van der Waals surface area contributed by atoms with Gasteiger partial charge in [-0.1, -0.05) is 17.7 Å². The molecule has 17 heavy (non-hydrogen) atoms. The fourth-order valence-corrected chi connectivity index (χ4v) is 2.38. The summed E-state index contributed by atoms with van der Waals surface area (Å²) in [5.74, 6) is 0. The van der Waals surface area contributed by atoms with Gasteiger partial charge in [0, 0.05) is 18.3 Å². The van der Waals surface area contributed by atoms with Gasteiger partial charge in [-0.2, -0.15) is 5.10 Å². The highest BCUT2D eigenvalue weighted by atomic mass is 35.5. The number of nitrogens with one attached hydrogen (secondary N) is 1. The predicted octanol–water partition coefficient (Wildman–Crippen LogP) is 2.69. The van der Waals surface area contributed by atoms with Crippen molar-refractivity contribution in [2.24, 2.45) is 7.05 Å². The Bertz CT molecular complexity index is 499. The van der Waals surface area contributed by atoms with Crippen LogP contribution in [0.1, 0.15) is 22.9 Å². The summed E-state index contributed by atoms with van der Waals surface area (Å²) in [6, 6.07) is 8.21. The highest BCUT2D eigenvalue weighted by Gasteiger charge is 2.15. The molecule has 2 rings (SSSR count). The van der Waals surface area contributed by atoms with Crippen molar-refractivity contribution in [3.05, 3.63) is 52.3 Å². The smallest absolute Gasteiger partial charge is 0.0746 e. The van der Waals surface area contributed by atoms with Gasteiger partial charge in [-0.25, -0.2) is 0 Å². The third-order valence-corrected chi connectivity index (χ3v) is 3.06. The lowest BCUT2D eigenvalue weighted by Crippen LogP contribution is -2.20. The topological polar surface area (TPSA) is 29.9 Å². The Labute approximate surface area is 106 Å². The van der Waals surface area contributed by atoms with Gasteiger partial charge < -0.3 is 5.32 Å². The van der Waals surface area contributed by atoms with E-state index in [0.29, 0.717) is 0 Å². The molecule has 0 aliphatic rings. The van der Waals surface area contributed by atoms with E-state index < -0.39 is 0 Å². The summed E-state index contributed by atoms with van der Waals surface area (Å²) in [6.07, 6.45) is 1.80. The first-order valence-electron chi connectivity index (χ1n) is 5.54. The molecule has 0 radical (unpaired) electrons. The van der Waals surface area contributed by atoms with Crippen LogP contribution in [-0.2, 0) is 7.05 Å². The second kappa shape index (κ2) is 4.90. The zero-order chi connectivity index (χ0) is 12.4. The third kappa shape index (κ3) is 2.51. The number of hydrogen-bond donors (Lipinski definition) is 1. The van der Waals surface area contributed by atoms with Crippen LogP contribution in [0.5, 0.6) is 0 Å². The second-order valence-corrected chi connectivity index (χ2v) is 4.60. The van der Waals surface area contributed by atoms with Crippen molar-refractivity contribution < 1.29 is 0 Å². The van der Waals surface area contributed by atoms with E-state index in [0.717, 1.165) is 21.8 Å². The molecular formula is C13H16ClN3. The molecule has 1 heterocycles. The largest absolute Gasteiger partial charge is 0.308 e. The van der Waals surface area contributed by atoms with Gasteiger partial charge in [0.2, 0.25) is 0 Å². The molecule has 4 heteroatoms. The maximum atomic E-state index is 6.10. The zero-order valence-electron chi connectivity index (χ0n) is 10.2. The molecule has 0 fully saturated rings. The average Bonchev–Trinajstić information content (AvgIpc) is 2.65. The fourth-order valence-electron chi connectivity index (χ4n) is 2.08. The van der Waals surface area contributed by atoms with Crippen molar-refractivity contribution in [2.45, 2.75) is 13.0 Å². The normalized spacial score (nSPS) is 12.7. The van der Waals surface area contributed by atoms with Crippen LogP contribution in [0, 0.1) is 6.92 Å². The lowest BCUT2D eigenvalue weighted by Gasteiger charge is -2.18. The molecule has 1 aromatic carbocycles. The van der Waals surface area contributed by atoms with Gasteiger partial charge in [0.05, 0.1) is 11.7 Å². The van der Waals surface area contributed by atoms with Crippen LogP contribution in [0.4, 0.5) is 0 Å². The Morgan fingerprint density at radius 2 is 2.12 bits per heavy atom. The number of benzene rings is 1. The maximum absolute atomic E-state index is 6.10. The standard InChI is InChI=1S/C13H16ClN3/c1-9-6-10(8-11(14)7-9)13(15-2)12-4-5-16-17(12)3/h4-8,13,15H,1-3H3. The van der Waals surface area contributed by atoms with Crippen LogP contribution in [0.15, 0.2) is 30.5 Å². The van der Waals surface area contributed by atoms with Gasteiger partial charge in [-0.15, -0.1) is 0 Å². The van der Waals surface area contributed by atoms with Crippen molar-refractivity contribution >= 4 is 11.6 Å². The van der Waals surface area contributed by atoms with E-state index in [-0.39, 0.29) is 6.04 Å². The predicted molar refractivity (Wildman–Crippen MR) is 70.3 cm³/mol. The van der Waals surface area contributed by atoms with Gasteiger partial charge in [-0.3, -0.25) is 4.68 Å². The number of halogens is 1. The Morgan fingerprint density at radius 1 is 1.35 bits per heavy atom. The quantitative estimate of drug-likeness (QED) is 0.907. The number of aromatic nitrogens is 2. The molecule has 2 aromatic rings. The lowest BCUT2D eigenvalue weighted by atomic mass is 10.0. The molecule has 3 nitrogen and oxygen atoms in total. The highest BCUT2D eigenvalue weighted by molar-refractivity contribution is 6.30. The van der Waals surface area contributed by atoms with Gasteiger partial charge >= 0.3 is 0 Å². The molecule has 0 bridgehead atoms. The van der Waals surface area contributed by atoms with E-state index in [1.165, 1.54) is 0 Å². The van der Waals surface area contributed by atoms with Crippen LogP contribution >= 0.6 is 11.6 Å². The number of rotatable bonds is 3. The molecule has 1 N–H and O–H groups in total. The van der Waals surface area contributed by atoms with E-state index in [9.17, 15) is 0 Å². The van der Waals surface area contributed by atoms with Crippen LogP contribution in [0.3, 0.4) is 0 Å². The van der Waals surface area contributed by atoms with Crippen molar-refractivity contribution in [1.82, 2.24) is 15.1 Å². The second-order valence-electron chi connectivity index (χ2n) is 4.16. The van der Waals surface area contributed by atoms with Crippen LogP contribution in [0.2, 0.25) is 5.02 Å².